The third-order valence-electron chi connectivity index (χ3n) is 3.21. The van der Waals surface area contributed by atoms with E-state index < -0.39 is 12.9 Å². The van der Waals surface area contributed by atoms with E-state index >= 15 is 0 Å². The second-order valence-corrected chi connectivity index (χ2v) is 4.59. The van der Waals surface area contributed by atoms with Crippen LogP contribution in [0.25, 0.3) is 11.0 Å². The molecule has 1 aromatic heterocycles. The lowest BCUT2D eigenvalue weighted by molar-refractivity contribution is 0.423. The fourth-order valence-electron chi connectivity index (χ4n) is 2.20. The molecule has 3 rings (SSSR count). The molecule has 2 aromatic carbocycles. The molecule has 0 saturated heterocycles. The van der Waals surface area contributed by atoms with Crippen molar-refractivity contribution in [1.29, 1.82) is 0 Å². The molecule has 20 heavy (non-hydrogen) atoms. The lowest BCUT2D eigenvalue weighted by atomic mass is 9.79. The van der Waals surface area contributed by atoms with Gasteiger partial charge in [0.2, 0.25) is 0 Å². The Morgan fingerprint density at radius 3 is 2.60 bits per heavy atom. The number of aromatic nitrogens is 2. The van der Waals surface area contributed by atoms with Crippen LogP contribution in [0.5, 0.6) is 0 Å². The third-order valence-corrected chi connectivity index (χ3v) is 3.21. The fourth-order valence-corrected chi connectivity index (χ4v) is 2.20. The second kappa shape index (κ2) is 5.07. The average Bonchev–Trinajstić information content (AvgIpc) is 2.81. The molecular formula is C14H12BFN2O2. The van der Waals surface area contributed by atoms with E-state index in [2.05, 4.69) is 4.98 Å². The molecule has 1 heterocycles. The quantitative estimate of drug-likeness (QED) is 0.695. The Morgan fingerprint density at radius 2 is 1.90 bits per heavy atom. The number of hydrogen-bond acceptors (Lipinski definition) is 3. The summed E-state index contributed by atoms with van der Waals surface area (Å²) in [6, 6.07) is 12.4. The topological polar surface area (TPSA) is 58.3 Å². The minimum atomic E-state index is -1.83. The molecule has 0 aliphatic heterocycles. The highest BCUT2D eigenvalue weighted by molar-refractivity contribution is 6.59. The van der Waals surface area contributed by atoms with Crippen LogP contribution < -0.4 is 5.46 Å². The molecule has 0 aliphatic carbocycles. The van der Waals surface area contributed by atoms with Gasteiger partial charge in [-0.1, -0.05) is 30.3 Å². The van der Waals surface area contributed by atoms with Crippen LogP contribution >= 0.6 is 0 Å². The first-order valence-electron chi connectivity index (χ1n) is 6.19. The van der Waals surface area contributed by atoms with Crippen molar-refractivity contribution in [1.82, 2.24) is 9.55 Å². The van der Waals surface area contributed by atoms with Gasteiger partial charge in [0, 0.05) is 12.0 Å². The largest absolute Gasteiger partial charge is 0.491 e. The van der Waals surface area contributed by atoms with E-state index in [-0.39, 0.29) is 5.46 Å². The molecular weight excluding hydrogens is 258 g/mol. The fraction of sp³-hybridized carbons (Fsp3) is 0.0714. The van der Waals surface area contributed by atoms with Gasteiger partial charge in [-0.2, -0.15) is 0 Å². The smallest absolute Gasteiger partial charge is 0.423 e. The van der Waals surface area contributed by atoms with Crippen molar-refractivity contribution in [2.45, 2.75) is 6.54 Å². The van der Waals surface area contributed by atoms with Crippen LogP contribution in [0, 0.1) is 5.82 Å². The highest BCUT2D eigenvalue weighted by Crippen LogP contribution is 2.15. The maximum absolute atomic E-state index is 13.8. The number of benzene rings is 2. The van der Waals surface area contributed by atoms with Gasteiger partial charge in [-0.05, 0) is 17.7 Å². The van der Waals surface area contributed by atoms with E-state index in [0.717, 1.165) is 5.56 Å². The van der Waals surface area contributed by atoms with Crippen molar-refractivity contribution in [2.75, 3.05) is 0 Å². The lowest BCUT2D eigenvalue weighted by Crippen LogP contribution is -2.32. The first kappa shape index (κ1) is 12.8. The summed E-state index contributed by atoms with van der Waals surface area (Å²) in [5, 5.41) is 18.2. The van der Waals surface area contributed by atoms with Crippen molar-refractivity contribution in [3.05, 3.63) is 60.2 Å². The maximum Gasteiger partial charge on any atom is 0.491 e. The predicted molar refractivity (Wildman–Crippen MR) is 75.1 cm³/mol. The van der Waals surface area contributed by atoms with Crippen molar-refractivity contribution >= 4 is 23.6 Å². The molecule has 0 bridgehead atoms. The Bertz CT molecular complexity index is 744. The normalized spacial score (nSPS) is 10.9. The van der Waals surface area contributed by atoms with E-state index in [4.69, 9.17) is 10.0 Å². The molecule has 6 heteroatoms. The van der Waals surface area contributed by atoms with Crippen LogP contribution in [-0.4, -0.2) is 26.7 Å². The minimum absolute atomic E-state index is 0.164. The molecule has 0 atom stereocenters. The zero-order chi connectivity index (χ0) is 14.1. The highest BCUT2D eigenvalue weighted by atomic mass is 19.1. The lowest BCUT2D eigenvalue weighted by Gasteiger charge is -2.06. The molecule has 0 saturated carbocycles. The molecule has 100 valence electrons. The summed E-state index contributed by atoms with van der Waals surface area (Å²) in [6.45, 7) is 0.581. The summed E-state index contributed by atoms with van der Waals surface area (Å²) >= 11 is 0. The van der Waals surface area contributed by atoms with Crippen LogP contribution in [0.3, 0.4) is 0 Å². The van der Waals surface area contributed by atoms with Gasteiger partial charge in [0.05, 0.1) is 17.4 Å². The SMILES string of the molecule is OB(O)c1cc2ncn(Cc3ccccc3)c2cc1F. The third kappa shape index (κ3) is 2.31. The molecule has 2 N–H and O–H groups in total. The Balaban J connectivity index is 2.03. The second-order valence-electron chi connectivity index (χ2n) is 4.59. The highest BCUT2D eigenvalue weighted by Gasteiger charge is 2.18. The average molecular weight is 270 g/mol. The molecule has 0 fully saturated rings. The van der Waals surface area contributed by atoms with Crippen molar-refractivity contribution < 1.29 is 14.4 Å². The van der Waals surface area contributed by atoms with E-state index in [1.807, 2.05) is 34.9 Å². The van der Waals surface area contributed by atoms with Gasteiger partial charge in [0.25, 0.3) is 0 Å². The van der Waals surface area contributed by atoms with Gasteiger partial charge in [-0.25, -0.2) is 9.37 Å². The molecule has 3 aromatic rings. The number of nitrogens with zero attached hydrogens (tertiary/aromatic N) is 2. The summed E-state index contributed by atoms with van der Waals surface area (Å²) < 4.78 is 15.6. The monoisotopic (exact) mass is 270 g/mol. The van der Waals surface area contributed by atoms with Gasteiger partial charge in [-0.15, -0.1) is 0 Å². The molecule has 0 aliphatic rings. The molecule has 0 spiro atoms. The van der Waals surface area contributed by atoms with Crippen LogP contribution in [0.4, 0.5) is 4.39 Å². The number of rotatable bonds is 3. The summed E-state index contributed by atoms with van der Waals surface area (Å²) in [5.74, 6) is -0.651. The Morgan fingerprint density at radius 1 is 1.15 bits per heavy atom. The van der Waals surface area contributed by atoms with Gasteiger partial charge < -0.3 is 14.6 Å². The first-order valence-corrected chi connectivity index (χ1v) is 6.19. The van der Waals surface area contributed by atoms with Gasteiger partial charge in [0.15, 0.2) is 0 Å². The molecule has 4 nitrogen and oxygen atoms in total. The zero-order valence-electron chi connectivity index (χ0n) is 10.6. The van der Waals surface area contributed by atoms with Crippen molar-refractivity contribution in [3.8, 4) is 0 Å². The van der Waals surface area contributed by atoms with Crippen LogP contribution in [0.15, 0.2) is 48.8 Å². The number of imidazole rings is 1. The molecule has 0 unspecified atom stereocenters. The minimum Gasteiger partial charge on any atom is -0.423 e. The maximum atomic E-state index is 13.8. The summed E-state index contributed by atoms with van der Waals surface area (Å²) in [5.41, 5.74) is 2.07. The number of fused-ring (bicyclic) bond motifs is 1. The Hall–Kier alpha value is -2.18. The van der Waals surface area contributed by atoms with Crippen molar-refractivity contribution in [2.24, 2.45) is 0 Å². The van der Waals surface area contributed by atoms with E-state index in [0.29, 0.717) is 17.6 Å². The van der Waals surface area contributed by atoms with E-state index in [1.165, 1.54) is 12.1 Å². The Kier molecular flexibility index (Phi) is 3.26. The number of hydrogen-bond donors (Lipinski definition) is 2. The van der Waals surface area contributed by atoms with E-state index in [1.54, 1.807) is 6.33 Å². The van der Waals surface area contributed by atoms with Crippen LogP contribution in [-0.2, 0) is 6.54 Å². The summed E-state index contributed by atoms with van der Waals surface area (Å²) in [6.07, 6.45) is 1.62. The summed E-state index contributed by atoms with van der Waals surface area (Å²) in [7, 11) is -1.83. The predicted octanol–water partition coefficient (Wildman–Crippen LogP) is 0.903. The van der Waals surface area contributed by atoms with Gasteiger partial charge in [0.1, 0.15) is 5.82 Å². The molecule has 0 radical (unpaired) electrons. The summed E-state index contributed by atoms with van der Waals surface area (Å²) in [4.78, 5) is 4.17. The number of halogens is 1. The van der Waals surface area contributed by atoms with Gasteiger partial charge in [-0.3, -0.25) is 0 Å². The van der Waals surface area contributed by atoms with Gasteiger partial charge >= 0.3 is 7.12 Å². The first-order chi connectivity index (χ1) is 9.65. The standard InChI is InChI=1S/C14H12BFN2O2/c16-12-7-14-13(6-11(12)15(19)20)17-9-18(14)8-10-4-2-1-3-5-10/h1-7,9,19-20H,8H2. The molecule has 0 amide bonds. The van der Waals surface area contributed by atoms with Crippen LogP contribution in [0.2, 0.25) is 0 Å². The van der Waals surface area contributed by atoms with Crippen molar-refractivity contribution in [3.63, 3.8) is 0 Å². The van der Waals surface area contributed by atoms with Crippen LogP contribution in [0.1, 0.15) is 5.56 Å². The Labute approximate surface area is 115 Å². The van der Waals surface area contributed by atoms with E-state index in [9.17, 15) is 4.39 Å². The zero-order valence-corrected chi connectivity index (χ0v) is 10.6.